The predicted molar refractivity (Wildman–Crippen MR) is 81.5 cm³/mol. The van der Waals surface area contributed by atoms with E-state index in [1.807, 2.05) is 5.32 Å². The second-order valence-electron chi connectivity index (χ2n) is 4.25. The largest absolute Gasteiger partial charge is 0.496 e. The first-order valence-corrected chi connectivity index (χ1v) is 6.90. The van der Waals surface area contributed by atoms with Gasteiger partial charge >= 0.3 is 12.1 Å². The van der Waals surface area contributed by atoms with Crippen molar-refractivity contribution >= 4 is 18.0 Å². The van der Waals surface area contributed by atoms with Crippen LogP contribution in [0.4, 0.5) is 4.79 Å². The van der Waals surface area contributed by atoms with Gasteiger partial charge in [0.25, 0.3) is 5.91 Å². The molecule has 1 rings (SSSR count). The van der Waals surface area contributed by atoms with Crippen LogP contribution in [0.25, 0.3) is 0 Å². The molecule has 0 saturated heterocycles. The van der Waals surface area contributed by atoms with Crippen LogP contribution in [0.15, 0.2) is 12.1 Å². The monoisotopic (exact) mass is 341 g/mol. The summed E-state index contributed by atoms with van der Waals surface area (Å²) in [4.78, 5) is 34.7. The van der Waals surface area contributed by atoms with Crippen molar-refractivity contribution in [1.82, 2.24) is 5.32 Å². The number of methoxy groups -OCH3 is 3. The zero-order chi connectivity index (χ0) is 18.1. The van der Waals surface area contributed by atoms with Crippen molar-refractivity contribution in [3.05, 3.63) is 17.7 Å². The van der Waals surface area contributed by atoms with Crippen LogP contribution in [-0.4, -0.2) is 52.5 Å². The average molecular weight is 341 g/mol. The zero-order valence-corrected chi connectivity index (χ0v) is 13.8. The third-order valence-corrected chi connectivity index (χ3v) is 2.78. The lowest BCUT2D eigenvalue weighted by Crippen LogP contribution is -2.34. The number of nitrogens with one attached hydrogen (secondary N) is 1. The SMILES string of the molecule is CCOC(=O)NC(=O)COC(=O)c1cc(OC)c(OC)cc1OC. The lowest BCUT2D eigenvalue weighted by Gasteiger charge is -2.13. The highest BCUT2D eigenvalue weighted by atomic mass is 16.6. The van der Waals surface area contributed by atoms with Gasteiger partial charge in [-0.3, -0.25) is 10.1 Å². The summed E-state index contributed by atoms with van der Waals surface area (Å²) in [6.45, 7) is 1.05. The maximum atomic E-state index is 12.1. The number of benzene rings is 1. The molecule has 9 heteroatoms. The first kappa shape index (κ1) is 19.1. The Morgan fingerprint density at radius 1 is 0.917 bits per heavy atom. The van der Waals surface area contributed by atoms with E-state index in [9.17, 15) is 14.4 Å². The molecule has 0 unspecified atom stereocenters. The van der Waals surface area contributed by atoms with Crippen molar-refractivity contribution in [2.45, 2.75) is 6.92 Å². The minimum absolute atomic E-state index is 0.0408. The van der Waals surface area contributed by atoms with Gasteiger partial charge in [0.15, 0.2) is 18.1 Å². The molecule has 0 aliphatic carbocycles. The molecule has 132 valence electrons. The van der Waals surface area contributed by atoms with Crippen LogP contribution in [0.2, 0.25) is 0 Å². The van der Waals surface area contributed by atoms with Gasteiger partial charge in [-0.25, -0.2) is 9.59 Å². The molecule has 0 aliphatic heterocycles. The first-order valence-electron chi connectivity index (χ1n) is 6.90. The summed E-state index contributed by atoms with van der Waals surface area (Å²) in [5.41, 5.74) is 0.0408. The van der Waals surface area contributed by atoms with E-state index in [4.69, 9.17) is 18.9 Å². The molecular formula is C15H19NO8. The van der Waals surface area contributed by atoms with Crippen LogP contribution >= 0.6 is 0 Å². The Balaban J connectivity index is 2.80. The Morgan fingerprint density at radius 2 is 1.50 bits per heavy atom. The number of imide groups is 1. The third-order valence-electron chi connectivity index (χ3n) is 2.78. The topological polar surface area (TPSA) is 109 Å². The maximum absolute atomic E-state index is 12.1. The second-order valence-corrected chi connectivity index (χ2v) is 4.25. The fraction of sp³-hybridized carbons (Fsp3) is 0.400. The van der Waals surface area contributed by atoms with Crippen LogP contribution in [0.1, 0.15) is 17.3 Å². The molecule has 0 heterocycles. The van der Waals surface area contributed by atoms with E-state index in [-0.39, 0.29) is 17.9 Å². The van der Waals surface area contributed by atoms with Gasteiger partial charge in [0.05, 0.1) is 27.9 Å². The Bertz CT molecular complexity index is 614. The number of amides is 2. The molecule has 0 bridgehead atoms. The van der Waals surface area contributed by atoms with E-state index in [1.54, 1.807) is 6.92 Å². The molecule has 2 amide bonds. The molecule has 1 aromatic carbocycles. The number of hydrogen-bond acceptors (Lipinski definition) is 8. The van der Waals surface area contributed by atoms with Crippen molar-refractivity contribution in [3.8, 4) is 17.2 Å². The summed E-state index contributed by atoms with van der Waals surface area (Å²) in [5, 5.41) is 1.90. The van der Waals surface area contributed by atoms with Gasteiger partial charge in [0, 0.05) is 12.1 Å². The smallest absolute Gasteiger partial charge is 0.413 e. The Kier molecular flexibility index (Phi) is 7.34. The molecule has 0 fully saturated rings. The lowest BCUT2D eigenvalue weighted by molar-refractivity contribution is -0.123. The van der Waals surface area contributed by atoms with E-state index in [0.29, 0.717) is 11.5 Å². The maximum Gasteiger partial charge on any atom is 0.413 e. The number of esters is 1. The normalized spacial score (nSPS) is 9.67. The minimum atomic E-state index is -0.915. The van der Waals surface area contributed by atoms with E-state index < -0.39 is 24.6 Å². The highest BCUT2D eigenvalue weighted by molar-refractivity contribution is 5.97. The van der Waals surface area contributed by atoms with E-state index >= 15 is 0 Å². The number of carbonyl (C=O) groups is 3. The fourth-order valence-electron chi connectivity index (χ4n) is 1.71. The van der Waals surface area contributed by atoms with Gasteiger partial charge in [0.1, 0.15) is 11.3 Å². The molecule has 0 aliphatic rings. The standard InChI is InChI=1S/C15H19NO8/c1-5-23-15(19)16-13(17)8-24-14(18)9-6-11(21-3)12(22-4)7-10(9)20-2/h6-7H,5,8H2,1-4H3,(H,16,17,19). The summed E-state index contributed by atoms with van der Waals surface area (Å²) >= 11 is 0. The van der Waals surface area contributed by atoms with Crippen molar-refractivity contribution in [1.29, 1.82) is 0 Å². The Morgan fingerprint density at radius 3 is 2.04 bits per heavy atom. The molecule has 0 saturated carbocycles. The summed E-state index contributed by atoms with van der Waals surface area (Å²) in [6, 6.07) is 2.82. The van der Waals surface area contributed by atoms with Crippen molar-refractivity contribution < 1.29 is 38.1 Å². The zero-order valence-electron chi connectivity index (χ0n) is 13.8. The summed E-state index contributed by atoms with van der Waals surface area (Å²) in [5.74, 6) is -0.802. The van der Waals surface area contributed by atoms with E-state index in [0.717, 1.165) is 0 Å². The third kappa shape index (κ3) is 5.04. The molecular weight excluding hydrogens is 322 g/mol. The average Bonchev–Trinajstić information content (AvgIpc) is 2.58. The van der Waals surface area contributed by atoms with Crippen LogP contribution in [0.3, 0.4) is 0 Å². The quantitative estimate of drug-likeness (QED) is 0.735. The molecule has 0 radical (unpaired) electrons. The second kappa shape index (κ2) is 9.23. The van der Waals surface area contributed by atoms with Gasteiger partial charge in [-0.1, -0.05) is 0 Å². The lowest BCUT2D eigenvalue weighted by atomic mass is 10.1. The first-order chi connectivity index (χ1) is 11.5. The molecule has 1 N–H and O–H groups in total. The van der Waals surface area contributed by atoms with Crippen molar-refractivity contribution in [2.24, 2.45) is 0 Å². The highest BCUT2D eigenvalue weighted by Crippen LogP contribution is 2.34. The van der Waals surface area contributed by atoms with Gasteiger partial charge in [0.2, 0.25) is 0 Å². The molecule has 9 nitrogen and oxygen atoms in total. The number of hydrogen-bond donors (Lipinski definition) is 1. The Labute approximate surface area is 138 Å². The van der Waals surface area contributed by atoms with Gasteiger partial charge in [-0.15, -0.1) is 0 Å². The van der Waals surface area contributed by atoms with Gasteiger partial charge in [-0.05, 0) is 6.92 Å². The van der Waals surface area contributed by atoms with E-state index in [2.05, 4.69) is 4.74 Å². The van der Waals surface area contributed by atoms with Crippen LogP contribution in [-0.2, 0) is 14.3 Å². The number of alkyl carbamates (subject to hydrolysis) is 1. The summed E-state index contributed by atoms with van der Waals surface area (Å²) in [6.07, 6.45) is -0.915. The van der Waals surface area contributed by atoms with Crippen molar-refractivity contribution in [3.63, 3.8) is 0 Å². The molecule has 0 atom stereocenters. The van der Waals surface area contributed by atoms with Crippen LogP contribution in [0, 0.1) is 0 Å². The number of ether oxygens (including phenoxy) is 5. The summed E-state index contributed by atoms with van der Waals surface area (Å²) in [7, 11) is 4.22. The number of carbonyl (C=O) groups excluding carboxylic acids is 3. The molecule has 24 heavy (non-hydrogen) atoms. The van der Waals surface area contributed by atoms with E-state index in [1.165, 1.54) is 33.5 Å². The van der Waals surface area contributed by atoms with Crippen LogP contribution < -0.4 is 19.5 Å². The fourth-order valence-corrected chi connectivity index (χ4v) is 1.71. The molecule has 0 aromatic heterocycles. The summed E-state index contributed by atoms with van der Waals surface area (Å²) < 4.78 is 24.7. The van der Waals surface area contributed by atoms with Gasteiger partial charge < -0.3 is 23.7 Å². The highest BCUT2D eigenvalue weighted by Gasteiger charge is 2.20. The van der Waals surface area contributed by atoms with Crippen LogP contribution in [0.5, 0.6) is 17.2 Å². The van der Waals surface area contributed by atoms with Crippen molar-refractivity contribution in [2.75, 3.05) is 34.5 Å². The Hall–Kier alpha value is -2.97. The van der Waals surface area contributed by atoms with Gasteiger partial charge in [-0.2, -0.15) is 0 Å². The predicted octanol–water partition coefficient (Wildman–Crippen LogP) is 1.14. The molecule has 1 aromatic rings. The minimum Gasteiger partial charge on any atom is -0.496 e. The number of rotatable bonds is 7. The molecule has 0 spiro atoms.